The van der Waals surface area contributed by atoms with E-state index in [9.17, 15) is 0 Å². The van der Waals surface area contributed by atoms with Crippen molar-refractivity contribution < 1.29 is 0 Å². The Balaban J connectivity index is 2.27. The predicted molar refractivity (Wildman–Crippen MR) is 53.0 cm³/mol. The third kappa shape index (κ3) is 1.48. The smallest absolute Gasteiger partial charge is 0.0769 e. The maximum atomic E-state index is 4.20. The highest BCUT2D eigenvalue weighted by molar-refractivity contribution is 5.23. The predicted octanol–water partition coefficient (Wildman–Crippen LogP) is 3.01. The molecule has 2 heteroatoms. The van der Waals surface area contributed by atoms with E-state index >= 15 is 0 Å². The zero-order valence-electron chi connectivity index (χ0n) is 8.01. The fraction of sp³-hybridized carbons (Fsp3) is 0.455. The molecule has 2 unspecified atom stereocenters. The van der Waals surface area contributed by atoms with Gasteiger partial charge in [-0.05, 0) is 19.4 Å². The van der Waals surface area contributed by atoms with Crippen LogP contribution in [0.15, 0.2) is 40.6 Å². The number of nitrogens with zero attached hydrogens (tertiary/aromatic N) is 2. The molecule has 0 saturated carbocycles. The highest BCUT2D eigenvalue weighted by Gasteiger charge is 2.29. The van der Waals surface area contributed by atoms with Gasteiger partial charge in [-0.3, -0.25) is 0 Å². The molecule has 0 amide bonds. The monoisotopic (exact) mass is 174 g/mol. The summed E-state index contributed by atoms with van der Waals surface area (Å²) in [5.74, 6) is 0.473. The molecule has 1 aromatic rings. The first-order valence-corrected chi connectivity index (χ1v) is 4.74. The second-order valence-corrected chi connectivity index (χ2v) is 3.65. The standard InChI is InChI=1S/C11H14N2/c1-8-11(9(2)13-12-8)10-6-4-3-5-7-10/h3-9,11H,1-2H3. The zero-order valence-corrected chi connectivity index (χ0v) is 8.01. The van der Waals surface area contributed by atoms with E-state index in [1.807, 2.05) is 6.07 Å². The minimum absolute atomic E-state index is 0.331. The zero-order chi connectivity index (χ0) is 9.26. The van der Waals surface area contributed by atoms with Gasteiger partial charge in [-0.1, -0.05) is 30.3 Å². The van der Waals surface area contributed by atoms with Crippen LogP contribution in [0.2, 0.25) is 0 Å². The molecule has 1 aromatic carbocycles. The maximum Gasteiger partial charge on any atom is 0.0769 e. The van der Waals surface area contributed by atoms with Crippen LogP contribution in [-0.2, 0) is 0 Å². The van der Waals surface area contributed by atoms with E-state index in [2.05, 4.69) is 48.3 Å². The molecule has 2 nitrogen and oxygen atoms in total. The second kappa shape index (κ2) is 3.29. The molecule has 0 fully saturated rings. The summed E-state index contributed by atoms with van der Waals surface area (Å²) < 4.78 is 0. The van der Waals surface area contributed by atoms with Crippen molar-refractivity contribution in [1.29, 1.82) is 0 Å². The van der Waals surface area contributed by atoms with E-state index in [-0.39, 0.29) is 0 Å². The van der Waals surface area contributed by atoms with Crippen molar-refractivity contribution in [2.24, 2.45) is 10.2 Å². The van der Waals surface area contributed by atoms with Crippen LogP contribution in [-0.4, -0.2) is 12.1 Å². The van der Waals surface area contributed by atoms with Crippen LogP contribution in [0.25, 0.3) is 0 Å². The van der Waals surface area contributed by atoms with Crippen molar-refractivity contribution in [3.05, 3.63) is 35.9 Å². The third-order valence-electron chi connectivity index (χ3n) is 2.65. The number of azo groups is 1. The number of rotatable bonds is 1. The van der Waals surface area contributed by atoms with Crippen molar-refractivity contribution >= 4 is 0 Å². The van der Waals surface area contributed by atoms with Gasteiger partial charge in [-0.2, -0.15) is 10.2 Å². The first-order valence-electron chi connectivity index (χ1n) is 4.74. The highest BCUT2D eigenvalue weighted by Crippen LogP contribution is 2.32. The van der Waals surface area contributed by atoms with Gasteiger partial charge >= 0.3 is 0 Å². The van der Waals surface area contributed by atoms with Gasteiger partial charge in [0, 0.05) is 5.92 Å². The van der Waals surface area contributed by atoms with Gasteiger partial charge in [0.1, 0.15) is 0 Å². The van der Waals surface area contributed by atoms with Crippen LogP contribution in [0.1, 0.15) is 25.3 Å². The summed E-state index contributed by atoms with van der Waals surface area (Å²) in [5.41, 5.74) is 1.35. The van der Waals surface area contributed by atoms with Gasteiger partial charge in [0.05, 0.1) is 12.1 Å². The lowest BCUT2D eigenvalue weighted by Crippen LogP contribution is -2.16. The van der Waals surface area contributed by atoms with Crippen LogP contribution in [0, 0.1) is 0 Å². The second-order valence-electron chi connectivity index (χ2n) is 3.65. The minimum atomic E-state index is 0.331. The number of hydrogen-bond donors (Lipinski definition) is 0. The van der Waals surface area contributed by atoms with E-state index in [1.54, 1.807) is 0 Å². The molecule has 0 aliphatic carbocycles. The summed E-state index contributed by atoms with van der Waals surface area (Å²) in [6.07, 6.45) is 0. The van der Waals surface area contributed by atoms with Crippen LogP contribution in [0.3, 0.4) is 0 Å². The normalized spacial score (nSPS) is 32.3. The minimum Gasteiger partial charge on any atom is -0.190 e. The molecule has 1 heterocycles. The molecule has 68 valence electrons. The van der Waals surface area contributed by atoms with Crippen molar-refractivity contribution in [2.45, 2.75) is 31.8 Å². The Morgan fingerprint density at radius 1 is 0.923 bits per heavy atom. The molecule has 2 atom stereocenters. The third-order valence-corrected chi connectivity index (χ3v) is 2.65. The maximum absolute atomic E-state index is 4.20. The molecule has 2 rings (SSSR count). The Kier molecular flexibility index (Phi) is 2.13. The molecule has 13 heavy (non-hydrogen) atoms. The van der Waals surface area contributed by atoms with Crippen LogP contribution >= 0.6 is 0 Å². The Morgan fingerprint density at radius 2 is 1.46 bits per heavy atom. The average Bonchev–Trinajstić information content (AvgIpc) is 2.48. The van der Waals surface area contributed by atoms with Crippen LogP contribution in [0.5, 0.6) is 0 Å². The Morgan fingerprint density at radius 3 is 2.00 bits per heavy atom. The average molecular weight is 174 g/mol. The van der Waals surface area contributed by atoms with E-state index in [1.165, 1.54) is 5.56 Å². The SMILES string of the molecule is CC1N=NC(C)C1c1ccccc1. The molecule has 1 aliphatic heterocycles. The quantitative estimate of drug-likeness (QED) is 0.625. The molecular weight excluding hydrogens is 160 g/mol. The van der Waals surface area contributed by atoms with Crippen molar-refractivity contribution in [1.82, 2.24) is 0 Å². The van der Waals surface area contributed by atoms with E-state index in [0.29, 0.717) is 18.0 Å². The molecule has 0 radical (unpaired) electrons. The molecule has 1 aliphatic rings. The van der Waals surface area contributed by atoms with E-state index in [0.717, 1.165) is 0 Å². The van der Waals surface area contributed by atoms with E-state index < -0.39 is 0 Å². The van der Waals surface area contributed by atoms with Crippen LogP contribution in [0.4, 0.5) is 0 Å². The van der Waals surface area contributed by atoms with E-state index in [4.69, 9.17) is 0 Å². The fourth-order valence-corrected chi connectivity index (χ4v) is 1.99. The Bertz CT molecular complexity index is 293. The summed E-state index contributed by atoms with van der Waals surface area (Å²) in [5, 5.41) is 8.40. The summed E-state index contributed by atoms with van der Waals surface area (Å²) in [6, 6.07) is 11.2. The van der Waals surface area contributed by atoms with Gasteiger partial charge in [0.25, 0.3) is 0 Å². The highest BCUT2D eigenvalue weighted by atomic mass is 15.2. The lowest BCUT2D eigenvalue weighted by molar-refractivity contribution is 0.572. The fourth-order valence-electron chi connectivity index (χ4n) is 1.99. The van der Waals surface area contributed by atoms with Gasteiger partial charge in [0.15, 0.2) is 0 Å². The van der Waals surface area contributed by atoms with Crippen molar-refractivity contribution in [3.63, 3.8) is 0 Å². The summed E-state index contributed by atoms with van der Waals surface area (Å²) in [7, 11) is 0. The lowest BCUT2D eigenvalue weighted by Gasteiger charge is -2.16. The summed E-state index contributed by atoms with van der Waals surface area (Å²) in [4.78, 5) is 0. The van der Waals surface area contributed by atoms with Crippen molar-refractivity contribution in [2.75, 3.05) is 0 Å². The summed E-state index contributed by atoms with van der Waals surface area (Å²) in [6.45, 7) is 4.26. The molecule has 0 aromatic heterocycles. The molecule has 0 bridgehead atoms. The largest absolute Gasteiger partial charge is 0.190 e. The van der Waals surface area contributed by atoms with Crippen LogP contribution < -0.4 is 0 Å². The Hall–Kier alpha value is -1.18. The molecule has 0 spiro atoms. The molecule has 0 N–H and O–H groups in total. The van der Waals surface area contributed by atoms with Gasteiger partial charge in [-0.25, -0.2) is 0 Å². The molecule has 0 saturated heterocycles. The van der Waals surface area contributed by atoms with Gasteiger partial charge in [-0.15, -0.1) is 0 Å². The Labute approximate surface area is 78.7 Å². The van der Waals surface area contributed by atoms with Gasteiger partial charge < -0.3 is 0 Å². The molecular formula is C11H14N2. The van der Waals surface area contributed by atoms with Gasteiger partial charge in [0.2, 0.25) is 0 Å². The number of benzene rings is 1. The first kappa shape index (κ1) is 8.42. The lowest BCUT2D eigenvalue weighted by atomic mass is 9.88. The summed E-state index contributed by atoms with van der Waals surface area (Å²) >= 11 is 0. The first-order chi connectivity index (χ1) is 6.29. The van der Waals surface area contributed by atoms with Crippen molar-refractivity contribution in [3.8, 4) is 0 Å². The number of hydrogen-bond acceptors (Lipinski definition) is 2. The topological polar surface area (TPSA) is 24.7 Å².